The zero-order chi connectivity index (χ0) is 19.8. The molecule has 0 aliphatic heterocycles. The van der Waals surface area contributed by atoms with Crippen molar-refractivity contribution in [1.82, 2.24) is 10.2 Å². The van der Waals surface area contributed by atoms with Crippen LogP contribution in [0.2, 0.25) is 0 Å². The largest absolute Gasteiger partial charge is 0.485 e. The quantitative estimate of drug-likeness (QED) is 0.443. The van der Waals surface area contributed by atoms with E-state index in [9.17, 15) is 9.59 Å². The number of rotatable bonds is 4. The predicted molar refractivity (Wildman–Crippen MR) is 98.9 cm³/mol. The van der Waals surface area contributed by atoms with Crippen LogP contribution in [0.1, 0.15) is 54.9 Å². The van der Waals surface area contributed by atoms with Crippen LogP contribution < -0.4 is 5.32 Å². The molecule has 144 valence electrons. The van der Waals surface area contributed by atoms with E-state index in [-0.39, 0.29) is 13.2 Å². The summed E-state index contributed by atoms with van der Waals surface area (Å²) in [5.74, 6) is -0.463. The summed E-state index contributed by atoms with van der Waals surface area (Å²) >= 11 is 4.96. The SMILES string of the molecule is CCC(=S)OCCN(C(=N)NC(=O)OC(C)(C)C)C(=O)OC(C)(C)C. The van der Waals surface area contributed by atoms with Gasteiger partial charge in [-0.3, -0.25) is 10.7 Å². The van der Waals surface area contributed by atoms with Crippen LogP contribution in [0.5, 0.6) is 0 Å². The molecule has 0 saturated carbocycles. The molecule has 0 radical (unpaired) electrons. The maximum absolute atomic E-state index is 12.3. The Labute approximate surface area is 154 Å². The fraction of sp³-hybridized carbons (Fsp3) is 0.750. The van der Waals surface area contributed by atoms with Gasteiger partial charge in [0.2, 0.25) is 5.96 Å². The predicted octanol–water partition coefficient (Wildman–Crippen LogP) is 3.44. The van der Waals surface area contributed by atoms with Crippen LogP contribution in [-0.2, 0) is 14.2 Å². The fourth-order valence-electron chi connectivity index (χ4n) is 1.43. The van der Waals surface area contributed by atoms with E-state index >= 15 is 0 Å². The van der Waals surface area contributed by atoms with E-state index in [1.54, 1.807) is 41.5 Å². The summed E-state index contributed by atoms with van der Waals surface area (Å²) in [6.07, 6.45) is -1.05. The Morgan fingerprint density at radius 1 is 1.08 bits per heavy atom. The maximum Gasteiger partial charge on any atom is 0.417 e. The van der Waals surface area contributed by atoms with Crippen molar-refractivity contribution in [3.8, 4) is 0 Å². The number of hydrogen-bond acceptors (Lipinski definition) is 7. The number of nitrogens with zero attached hydrogens (tertiary/aromatic N) is 1. The summed E-state index contributed by atoms with van der Waals surface area (Å²) < 4.78 is 15.6. The molecular formula is C16H29N3O5S. The van der Waals surface area contributed by atoms with Crippen molar-refractivity contribution in [3.63, 3.8) is 0 Å². The van der Waals surface area contributed by atoms with E-state index in [2.05, 4.69) is 5.32 Å². The Kier molecular flexibility index (Phi) is 8.82. The first kappa shape index (κ1) is 23.1. The molecule has 0 atom stereocenters. The lowest BCUT2D eigenvalue weighted by Gasteiger charge is -2.28. The van der Waals surface area contributed by atoms with Crippen molar-refractivity contribution in [2.45, 2.75) is 66.1 Å². The van der Waals surface area contributed by atoms with Crippen molar-refractivity contribution in [2.24, 2.45) is 0 Å². The molecule has 0 spiro atoms. The van der Waals surface area contributed by atoms with Gasteiger partial charge in [-0.05, 0) is 53.8 Å². The standard InChI is InChI=1S/C16H29N3O5S/c1-8-11(25)22-10-9-19(14(21)24-16(5,6)7)12(17)18-13(20)23-15(2,3)4/h8-10H2,1-7H3,(H2,17,18,20). The highest BCUT2D eigenvalue weighted by atomic mass is 32.1. The average molecular weight is 375 g/mol. The van der Waals surface area contributed by atoms with Gasteiger partial charge in [0.25, 0.3) is 0 Å². The maximum atomic E-state index is 12.3. The second-order valence-electron chi connectivity index (χ2n) is 7.18. The Bertz CT molecular complexity index is 509. The smallest absolute Gasteiger partial charge is 0.417 e. The number of carbonyl (C=O) groups excluding carboxylic acids is 2. The molecule has 0 unspecified atom stereocenters. The molecule has 0 aromatic heterocycles. The molecular weight excluding hydrogens is 346 g/mol. The molecule has 0 aromatic carbocycles. The van der Waals surface area contributed by atoms with E-state index < -0.39 is 29.3 Å². The number of ether oxygens (including phenoxy) is 3. The number of nitrogens with one attached hydrogen (secondary N) is 2. The Morgan fingerprint density at radius 2 is 1.60 bits per heavy atom. The van der Waals surface area contributed by atoms with Gasteiger partial charge in [0.05, 0.1) is 6.54 Å². The minimum absolute atomic E-state index is 0.0102. The van der Waals surface area contributed by atoms with Gasteiger partial charge >= 0.3 is 12.2 Å². The van der Waals surface area contributed by atoms with E-state index in [0.717, 1.165) is 4.90 Å². The van der Waals surface area contributed by atoms with Gasteiger partial charge in [-0.25, -0.2) is 14.5 Å². The monoisotopic (exact) mass is 375 g/mol. The van der Waals surface area contributed by atoms with E-state index in [0.29, 0.717) is 11.5 Å². The first-order valence-electron chi connectivity index (χ1n) is 8.00. The number of amides is 2. The average Bonchev–Trinajstić information content (AvgIpc) is 2.38. The van der Waals surface area contributed by atoms with Crippen LogP contribution >= 0.6 is 12.2 Å². The van der Waals surface area contributed by atoms with Crippen molar-refractivity contribution in [1.29, 1.82) is 5.41 Å². The highest BCUT2D eigenvalue weighted by molar-refractivity contribution is 7.80. The van der Waals surface area contributed by atoms with Crippen molar-refractivity contribution >= 4 is 35.4 Å². The molecule has 2 amide bonds. The van der Waals surface area contributed by atoms with Gasteiger partial charge in [-0.1, -0.05) is 6.92 Å². The van der Waals surface area contributed by atoms with Crippen LogP contribution in [0, 0.1) is 5.41 Å². The minimum atomic E-state index is -0.837. The number of alkyl carbamates (subject to hydrolysis) is 1. The van der Waals surface area contributed by atoms with Crippen LogP contribution in [0.25, 0.3) is 0 Å². The first-order chi connectivity index (χ1) is 11.2. The molecule has 25 heavy (non-hydrogen) atoms. The molecule has 2 N–H and O–H groups in total. The molecule has 0 heterocycles. The lowest BCUT2D eigenvalue weighted by Crippen LogP contribution is -2.50. The Morgan fingerprint density at radius 3 is 2.04 bits per heavy atom. The molecule has 0 aliphatic carbocycles. The summed E-state index contributed by atoms with van der Waals surface area (Å²) in [4.78, 5) is 25.1. The lowest BCUT2D eigenvalue weighted by molar-refractivity contribution is 0.0338. The van der Waals surface area contributed by atoms with Gasteiger partial charge in [0.15, 0.2) is 5.05 Å². The third-order valence-corrected chi connectivity index (χ3v) is 2.78. The van der Waals surface area contributed by atoms with E-state index in [4.69, 9.17) is 31.8 Å². The van der Waals surface area contributed by atoms with Gasteiger partial charge in [0.1, 0.15) is 17.8 Å². The van der Waals surface area contributed by atoms with E-state index in [1.807, 2.05) is 6.92 Å². The van der Waals surface area contributed by atoms with Crippen LogP contribution in [0.15, 0.2) is 0 Å². The second kappa shape index (κ2) is 9.55. The zero-order valence-corrected chi connectivity index (χ0v) is 16.8. The van der Waals surface area contributed by atoms with Crippen LogP contribution in [0.3, 0.4) is 0 Å². The van der Waals surface area contributed by atoms with Gasteiger partial charge in [-0.2, -0.15) is 0 Å². The molecule has 9 heteroatoms. The Balaban J connectivity index is 4.96. The number of guanidine groups is 1. The normalized spacial score (nSPS) is 11.3. The third kappa shape index (κ3) is 11.3. The minimum Gasteiger partial charge on any atom is -0.485 e. The van der Waals surface area contributed by atoms with E-state index in [1.165, 1.54) is 0 Å². The molecule has 8 nitrogen and oxygen atoms in total. The van der Waals surface area contributed by atoms with Crippen molar-refractivity contribution < 1.29 is 23.8 Å². The Hall–Kier alpha value is -1.90. The number of carbonyl (C=O) groups is 2. The van der Waals surface area contributed by atoms with Crippen molar-refractivity contribution in [3.05, 3.63) is 0 Å². The topological polar surface area (TPSA) is 101 Å². The highest BCUT2D eigenvalue weighted by Gasteiger charge is 2.27. The van der Waals surface area contributed by atoms with Gasteiger partial charge in [0, 0.05) is 6.42 Å². The zero-order valence-electron chi connectivity index (χ0n) is 16.0. The molecule has 0 aliphatic rings. The highest BCUT2D eigenvalue weighted by Crippen LogP contribution is 2.11. The molecule has 0 saturated heterocycles. The second-order valence-corrected chi connectivity index (χ2v) is 7.64. The number of hydrogen-bond donors (Lipinski definition) is 2. The number of thiocarbonyl (C=S) groups is 1. The summed E-state index contributed by atoms with van der Waals surface area (Å²) in [7, 11) is 0. The third-order valence-electron chi connectivity index (χ3n) is 2.37. The van der Waals surface area contributed by atoms with Gasteiger partial charge in [-0.15, -0.1) is 0 Å². The van der Waals surface area contributed by atoms with Crippen LogP contribution in [-0.4, -0.2) is 52.5 Å². The first-order valence-corrected chi connectivity index (χ1v) is 8.40. The molecule has 0 bridgehead atoms. The summed E-state index contributed by atoms with van der Waals surface area (Å²) in [5.41, 5.74) is -1.47. The summed E-state index contributed by atoms with van der Waals surface area (Å²) in [6.45, 7) is 12.1. The molecule has 0 aromatic rings. The molecule has 0 rings (SSSR count). The summed E-state index contributed by atoms with van der Waals surface area (Å²) in [5, 5.41) is 10.6. The fourth-order valence-corrected chi connectivity index (χ4v) is 1.52. The molecule has 0 fully saturated rings. The van der Waals surface area contributed by atoms with Crippen LogP contribution in [0.4, 0.5) is 9.59 Å². The van der Waals surface area contributed by atoms with Gasteiger partial charge < -0.3 is 14.2 Å². The van der Waals surface area contributed by atoms with Crippen molar-refractivity contribution in [2.75, 3.05) is 13.2 Å². The lowest BCUT2D eigenvalue weighted by atomic mass is 10.2. The summed E-state index contributed by atoms with van der Waals surface area (Å²) in [6, 6.07) is 0.